The van der Waals surface area contributed by atoms with Crippen LogP contribution in [0.2, 0.25) is 0 Å². The molecule has 74 valence electrons. The summed E-state index contributed by atoms with van der Waals surface area (Å²) in [5.41, 5.74) is 2.36. The van der Waals surface area contributed by atoms with Crippen LogP contribution in [0.1, 0.15) is 24.5 Å². The number of hydrogen-bond acceptors (Lipinski definition) is 2. The van der Waals surface area contributed by atoms with Crippen LogP contribution in [0.5, 0.6) is 5.75 Å². The van der Waals surface area contributed by atoms with Gasteiger partial charge in [-0.15, -0.1) is 0 Å². The topological polar surface area (TPSA) is 38.3 Å². The van der Waals surface area contributed by atoms with Crippen LogP contribution in [0.4, 0.5) is 4.79 Å². The average molecular weight is 191 g/mol. The first-order chi connectivity index (χ1) is 6.79. The molecule has 2 rings (SSSR count). The van der Waals surface area contributed by atoms with Gasteiger partial charge in [-0.2, -0.15) is 0 Å². The Morgan fingerprint density at radius 2 is 2.36 bits per heavy atom. The van der Waals surface area contributed by atoms with Crippen LogP contribution in [-0.2, 0) is 13.0 Å². The van der Waals surface area contributed by atoms with Gasteiger partial charge in [-0.05, 0) is 18.1 Å². The van der Waals surface area contributed by atoms with E-state index in [0.717, 1.165) is 18.4 Å². The lowest BCUT2D eigenvalue weighted by molar-refractivity contribution is 0.194. The summed E-state index contributed by atoms with van der Waals surface area (Å²) in [6.07, 6.45) is 1.84. The van der Waals surface area contributed by atoms with Crippen molar-refractivity contribution in [1.29, 1.82) is 0 Å². The Hall–Kier alpha value is -1.51. The molecular formula is C11H13NO2. The maximum absolute atomic E-state index is 10.9. The lowest BCUT2D eigenvalue weighted by Gasteiger charge is -2.17. The van der Waals surface area contributed by atoms with Gasteiger partial charge in [0, 0.05) is 12.1 Å². The third-order valence-corrected chi connectivity index (χ3v) is 2.29. The Morgan fingerprint density at radius 1 is 1.50 bits per heavy atom. The van der Waals surface area contributed by atoms with Crippen molar-refractivity contribution in [3.63, 3.8) is 0 Å². The first-order valence-electron chi connectivity index (χ1n) is 4.87. The van der Waals surface area contributed by atoms with E-state index >= 15 is 0 Å². The fourth-order valence-electron chi connectivity index (χ4n) is 1.62. The molecule has 1 aliphatic heterocycles. The van der Waals surface area contributed by atoms with Gasteiger partial charge >= 0.3 is 6.09 Å². The molecule has 0 atom stereocenters. The predicted octanol–water partition coefficient (Wildman–Crippen LogP) is 2.24. The molecule has 3 nitrogen and oxygen atoms in total. The highest BCUT2D eigenvalue weighted by atomic mass is 16.6. The minimum absolute atomic E-state index is 0.360. The number of aryl methyl sites for hydroxylation is 1. The fraction of sp³-hybridized carbons (Fsp3) is 0.364. The predicted molar refractivity (Wildman–Crippen MR) is 53.3 cm³/mol. The van der Waals surface area contributed by atoms with Crippen molar-refractivity contribution in [3.8, 4) is 5.75 Å². The minimum Gasteiger partial charge on any atom is -0.410 e. The monoisotopic (exact) mass is 191 g/mol. The minimum atomic E-state index is -0.360. The molecule has 3 heteroatoms. The van der Waals surface area contributed by atoms with E-state index in [1.54, 1.807) is 0 Å². The first kappa shape index (κ1) is 9.06. The molecule has 0 saturated carbocycles. The number of fused-ring (bicyclic) bond motifs is 1. The second-order valence-electron chi connectivity index (χ2n) is 3.44. The Labute approximate surface area is 83.1 Å². The summed E-state index contributed by atoms with van der Waals surface area (Å²) in [6.45, 7) is 2.73. The van der Waals surface area contributed by atoms with Crippen molar-refractivity contribution >= 4 is 6.09 Å². The summed E-state index contributed by atoms with van der Waals surface area (Å²) in [7, 11) is 0. The molecule has 0 saturated heterocycles. The molecule has 1 aromatic carbocycles. The summed E-state index contributed by atoms with van der Waals surface area (Å²) in [4.78, 5) is 10.9. The normalized spacial score (nSPS) is 14.2. The van der Waals surface area contributed by atoms with E-state index in [1.165, 1.54) is 5.56 Å². The summed E-state index contributed by atoms with van der Waals surface area (Å²) in [5.74, 6) is 0.689. The van der Waals surface area contributed by atoms with Crippen LogP contribution < -0.4 is 10.1 Å². The lowest BCUT2D eigenvalue weighted by atomic mass is 10.1. The molecule has 0 unspecified atom stereocenters. The van der Waals surface area contributed by atoms with Crippen molar-refractivity contribution in [2.45, 2.75) is 26.3 Å². The maximum atomic E-state index is 10.9. The average Bonchev–Trinajstić information content (AvgIpc) is 2.19. The van der Waals surface area contributed by atoms with E-state index in [-0.39, 0.29) is 6.09 Å². The van der Waals surface area contributed by atoms with Crippen LogP contribution in [-0.4, -0.2) is 6.09 Å². The van der Waals surface area contributed by atoms with Crippen molar-refractivity contribution in [2.24, 2.45) is 0 Å². The smallest absolute Gasteiger partial charge is 0.410 e. The molecule has 0 radical (unpaired) electrons. The SMILES string of the molecule is CCCc1ccc2c(c1)CNC(=O)O2. The molecule has 1 aromatic rings. The van der Waals surface area contributed by atoms with E-state index < -0.39 is 0 Å². The van der Waals surface area contributed by atoms with Crippen molar-refractivity contribution < 1.29 is 9.53 Å². The third-order valence-electron chi connectivity index (χ3n) is 2.29. The van der Waals surface area contributed by atoms with Gasteiger partial charge in [0.25, 0.3) is 0 Å². The Kier molecular flexibility index (Phi) is 2.39. The van der Waals surface area contributed by atoms with Crippen LogP contribution in [0.25, 0.3) is 0 Å². The molecule has 0 aliphatic carbocycles. The number of carbonyl (C=O) groups is 1. The maximum Gasteiger partial charge on any atom is 0.412 e. The number of rotatable bonds is 2. The summed E-state index contributed by atoms with van der Waals surface area (Å²) < 4.78 is 5.01. The van der Waals surface area contributed by atoms with Gasteiger partial charge < -0.3 is 10.1 Å². The summed E-state index contributed by atoms with van der Waals surface area (Å²) in [6, 6.07) is 5.98. The van der Waals surface area contributed by atoms with E-state index in [1.807, 2.05) is 12.1 Å². The second kappa shape index (κ2) is 3.70. The van der Waals surface area contributed by atoms with E-state index in [0.29, 0.717) is 12.3 Å². The van der Waals surface area contributed by atoms with Crippen LogP contribution >= 0.6 is 0 Å². The van der Waals surface area contributed by atoms with Gasteiger partial charge in [0.15, 0.2) is 0 Å². The number of hydrogen-bond donors (Lipinski definition) is 1. The molecule has 0 spiro atoms. The molecule has 1 aliphatic rings. The molecule has 1 N–H and O–H groups in total. The number of amides is 1. The van der Waals surface area contributed by atoms with Gasteiger partial charge in [0.2, 0.25) is 0 Å². The van der Waals surface area contributed by atoms with Gasteiger partial charge in [-0.1, -0.05) is 25.5 Å². The third kappa shape index (κ3) is 1.71. The Balaban J connectivity index is 2.26. The molecular weight excluding hydrogens is 178 g/mol. The molecule has 0 aromatic heterocycles. The van der Waals surface area contributed by atoms with Crippen LogP contribution in [0.15, 0.2) is 18.2 Å². The van der Waals surface area contributed by atoms with E-state index in [9.17, 15) is 4.79 Å². The Morgan fingerprint density at radius 3 is 3.14 bits per heavy atom. The number of nitrogens with one attached hydrogen (secondary N) is 1. The molecule has 1 heterocycles. The van der Waals surface area contributed by atoms with Gasteiger partial charge in [-0.25, -0.2) is 4.79 Å². The fourth-order valence-corrected chi connectivity index (χ4v) is 1.62. The van der Waals surface area contributed by atoms with Crippen molar-refractivity contribution in [3.05, 3.63) is 29.3 Å². The van der Waals surface area contributed by atoms with Crippen molar-refractivity contribution in [1.82, 2.24) is 5.32 Å². The molecule has 0 bridgehead atoms. The molecule has 1 amide bonds. The van der Waals surface area contributed by atoms with Crippen LogP contribution in [0, 0.1) is 0 Å². The summed E-state index contributed by atoms with van der Waals surface area (Å²) >= 11 is 0. The quantitative estimate of drug-likeness (QED) is 0.778. The highest BCUT2D eigenvalue weighted by molar-refractivity contribution is 5.73. The molecule has 14 heavy (non-hydrogen) atoms. The Bertz CT molecular complexity index is 360. The highest BCUT2D eigenvalue weighted by Crippen LogP contribution is 2.23. The molecule has 0 fully saturated rings. The summed E-state index contributed by atoms with van der Waals surface area (Å²) in [5, 5.41) is 2.65. The number of carbonyl (C=O) groups excluding carboxylic acids is 1. The van der Waals surface area contributed by atoms with Gasteiger partial charge in [-0.3, -0.25) is 0 Å². The van der Waals surface area contributed by atoms with Gasteiger partial charge in [0.05, 0.1) is 0 Å². The standard InChI is InChI=1S/C11H13NO2/c1-2-3-8-4-5-10-9(6-8)7-12-11(13)14-10/h4-6H,2-3,7H2,1H3,(H,12,13). The first-order valence-corrected chi connectivity index (χ1v) is 4.87. The van der Waals surface area contributed by atoms with Crippen LogP contribution in [0.3, 0.4) is 0 Å². The number of benzene rings is 1. The van der Waals surface area contributed by atoms with Crippen molar-refractivity contribution in [2.75, 3.05) is 0 Å². The highest BCUT2D eigenvalue weighted by Gasteiger charge is 2.15. The zero-order valence-corrected chi connectivity index (χ0v) is 8.17. The van der Waals surface area contributed by atoms with E-state index in [4.69, 9.17) is 4.74 Å². The zero-order valence-electron chi connectivity index (χ0n) is 8.17. The number of ether oxygens (including phenoxy) is 1. The lowest BCUT2D eigenvalue weighted by Crippen LogP contribution is -2.31. The van der Waals surface area contributed by atoms with E-state index in [2.05, 4.69) is 18.3 Å². The largest absolute Gasteiger partial charge is 0.412 e. The zero-order chi connectivity index (χ0) is 9.97. The van der Waals surface area contributed by atoms with Gasteiger partial charge in [0.1, 0.15) is 5.75 Å². The second-order valence-corrected chi connectivity index (χ2v) is 3.44.